The van der Waals surface area contributed by atoms with Crippen molar-refractivity contribution >= 4 is 46.8 Å². The average Bonchev–Trinajstić information content (AvgIpc) is 2.53. The molecule has 0 N–H and O–H groups in total. The molecule has 1 aromatic rings. The molecular formula is C10H8F2INOS. The Kier molecular flexibility index (Phi) is 3.39. The van der Waals surface area contributed by atoms with E-state index in [1.165, 1.54) is 17.0 Å². The lowest BCUT2D eigenvalue weighted by atomic mass is 10.3. The fourth-order valence-corrected chi connectivity index (χ4v) is 2.27. The number of carbonyl (C=O) groups is 1. The van der Waals surface area contributed by atoms with Crippen LogP contribution in [0.2, 0.25) is 0 Å². The molecule has 1 unspecified atom stereocenters. The predicted molar refractivity (Wildman–Crippen MR) is 68.8 cm³/mol. The number of hydrogen-bond donors (Lipinski definition) is 1. The van der Waals surface area contributed by atoms with Crippen LogP contribution in [0, 0.1) is 15.2 Å². The van der Waals surface area contributed by atoms with E-state index in [2.05, 4.69) is 12.6 Å². The predicted octanol–water partition coefficient (Wildman–Crippen LogP) is 2.60. The van der Waals surface area contributed by atoms with Gasteiger partial charge in [-0.3, -0.25) is 4.79 Å². The SMILES string of the molecule is O=C1CC(S)CN1c1cc(F)c(I)c(F)c1. The summed E-state index contributed by atoms with van der Waals surface area (Å²) in [7, 11) is 0. The van der Waals surface area contributed by atoms with Gasteiger partial charge in [0, 0.05) is 23.9 Å². The molecule has 16 heavy (non-hydrogen) atoms. The fraction of sp³-hybridized carbons (Fsp3) is 0.300. The first kappa shape index (κ1) is 12.1. The molecule has 0 radical (unpaired) electrons. The number of benzene rings is 1. The topological polar surface area (TPSA) is 20.3 Å². The monoisotopic (exact) mass is 355 g/mol. The summed E-state index contributed by atoms with van der Waals surface area (Å²) < 4.78 is 26.6. The largest absolute Gasteiger partial charge is 0.311 e. The number of carbonyl (C=O) groups excluding carboxylic acids is 1. The molecule has 1 aliphatic rings. The summed E-state index contributed by atoms with van der Waals surface area (Å²) in [6.07, 6.45) is 0.304. The Morgan fingerprint density at radius 3 is 2.38 bits per heavy atom. The first-order chi connectivity index (χ1) is 7.49. The Hall–Kier alpha value is -0.370. The lowest BCUT2D eigenvalue weighted by Crippen LogP contribution is -2.25. The van der Waals surface area contributed by atoms with Gasteiger partial charge in [-0.25, -0.2) is 8.78 Å². The standard InChI is InChI=1S/C10H8F2INOS/c11-7-1-5(2-8(12)10(7)13)14-4-6(16)3-9(14)15/h1-2,6,16H,3-4H2. The highest BCUT2D eigenvalue weighted by Crippen LogP contribution is 2.27. The molecule has 1 aliphatic heterocycles. The van der Waals surface area contributed by atoms with Crippen molar-refractivity contribution < 1.29 is 13.6 Å². The molecule has 2 nitrogen and oxygen atoms in total. The molecule has 1 fully saturated rings. The van der Waals surface area contributed by atoms with Gasteiger partial charge in [-0.2, -0.15) is 12.6 Å². The van der Waals surface area contributed by atoms with E-state index in [9.17, 15) is 13.6 Å². The van der Waals surface area contributed by atoms with Gasteiger partial charge in [0.1, 0.15) is 11.6 Å². The minimum Gasteiger partial charge on any atom is -0.311 e. The van der Waals surface area contributed by atoms with Crippen LogP contribution in [0.25, 0.3) is 0 Å². The Balaban J connectivity index is 2.38. The molecule has 0 spiro atoms. The zero-order valence-corrected chi connectivity index (χ0v) is 11.1. The van der Waals surface area contributed by atoms with E-state index in [4.69, 9.17) is 0 Å². The molecule has 2 rings (SSSR count). The van der Waals surface area contributed by atoms with Gasteiger partial charge in [0.05, 0.1) is 3.57 Å². The number of amides is 1. The normalized spacial score (nSPS) is 20.6. The zero-order chi connectivity index (χ0) is 11.9. The highest BCUT2D eigenvalue weighted by atomic mass is 127. The van der Waals surface area contributed by atoms with Crippen LogP contribution in [-0.4, -0.2) is 17.7 Å². The maximum absolute atomic E-state index is 13.3. The smallest absolute Gasteiger partial charge is 0.228 e. The van der Waals surface area contributed by atoms with E-state index in [1.54, 1.807) is 22.6 Å². The third kappa shape index (κ3) is 2.17. The molecular weight excluding hydrogens is 347 g/mol. The van der Waals surface area contributed by atoms with Crippen molar-refractivity contribution in [1.29, 1.82) is 0 Å². The van der Waals surface area contributed by atoms with Crippen molar-refractivity contribution in [3.05, 3.63) is 27.3 Å². The van der Waals surface area contributed by atoms with Crippen LogP contribution < -0.4 is 4.90 Å². The van der Waals surface area contributed by atoms with Crippen molar-refractivity contribution in [2.45, 2.75) is 11.7 Å². The van der Waals surface area contributed by atoms with E-state index in [0.29, 0.717) is 13.0 Å². The van der Waals surface area contributed by atoms with Crippen LogP contribution in [0.1, 0.15) is 6.42 Å². The van der Waals surface area contributed by atoms with Gasteiger partial charge in [0.2, 0.25) is 5.91 Å². The van der Waals surface area contributed by atoms with E-state index < -0.39 is 11.6 Å². The second-order valence-corrected chi connectivity index (χ2v) is 5.39. The molecule has 0 aromatic heterocycles. The first-order valence-electron chi connectivity index (χ1n) is 4.62. The second-order valence-electron chi connectivity index (χ2n) is 3.59. The lowest BCUT2D eigenvalue weighted by molar-refractivity contribution is -0.117. The van der Waals surface area contributed by atoms with Gasteiger partial charge in [-0.15, -0.1) is 0 Å². The van der Waals surface area contributed by atoms with Crippen LogP contribution in [0.3, 0.4) is 0 Å². The van der Waals surface area contributed by atoms with Crippen molar-refractivity contribution in [3.8, 4) is 0 Å². The number of hydrogen-bond acceptors (Lipinski definition) is 2. The maximum atomic E-state index is 13.3. The molecule has 1 aromatic carbocycles. The van der Waals surface area contributed by atoms with Gasteiger partial charge >= 0.3 is 0 Å². The quantitative estimate of drug-likeness (QED) is 0.467. The van der Waals surface area contributed by atoms with Gasteiger partial charge < -0.3 is 4.90 Å². The third-order valence-corrected chi connectivity index (χ3v) is 3.76. The Bertz CT molecular complexity index is 431. The van der Waals surface area contributed by atoms with E-state index in [0.717, 1.165) is 0 Å². The first-order valence-corrected chi connectivity index (χ1v) is 6.21. The number of thiol groups is 1. The number of nitrogens with zero attached hydrogens (tertiary/aromatic N) is 1. The van der Waals surface area contributed by atoms with Crippen molar-refractivity contribution in [2.75, 3.05) is 11.4 Å². The van der Waals surface area contributed by atoms with Crippen LogP contribution in [0.5, 0.6) is 0 Å². The van der Waals surface area contributed by atoms with E-state index >= 15 is 0 Å². The Labute approximate surface area is 111 Å². The third-order valence-electron chi connectivity index (χ3n) is 2.38. The molecule has 1 heterocycles. The molecule has 0 saturated carbocycles. The van der Waals surface area contributed by atoms with Crippen LogP contribution in [0.4, 0.5) is 14.5 Å². The minimum atomic E-state index is -0.647. The summed E-state index contributed by atoms with van der Waals surface area (Å²) in [5, 5.41) is -0.0714. The number of halogens is 3. The molecule has 1 amide bonds. The average molecular weight is 355 g/mol. The second kappa shape index (κ2) is 4.48. The maximum Gasteiger partial charge on any atom is 0.228 e. The lowest BCUT2D eigenvalue weighted by Gasteiger charge is -2.16. The van der Waals surface area contributed by atoms with Crippen molar-refractivity contribution in [2.24, 2.45) is 0 Å². The summed E-state index contributed by atoms with van der Waals surface area (Å²) in [4.78, 5) is 12.9. The number of rotatable bonds is 1. The zero-order valence-electron chi connectivity index (χ0n) is 8.08. The molecule has 6 heteroatoms. The van der Waals surface area contributed by atoms with Gasteiger partial charge in [0.25, 0.3) is 0 Å². The van der Waals surface area contributed by atoms with Gasteiger partial charge in [0.15, 0.2) is 0 Å². The van der Waals surface area contributed by atoms with E-state index in [-0.39, 0.29) is 20.4 Å². The summed E-state index contributed by atoms with van der Waals surface area (Å²) in [5.74, 6) is -1.45. The molecule has 0 bridgehead atoms. The Morgan fingerprint density at radius 2 is 1.94 bits per heavy atom. The highest BCUT2D eigenvalue weighted by molar-refractivity contribution is 14.1. The van der Waals surface area contributed by atoms with E-state index in [1.807, 2.05) is 0 Å². The summed E-state index contributed by atoms with van der Waals surface area (Å²) in [6.45, 7) is 0.390. The van der Waals surface area contributed by atoms with Crippen molar-refractivity contribution in [3.63, 3.8) is 0 Å². The van der Waals surface area contributed by atoms with Gasteiger partial charge in [-0.05, 0) is 34.7 Å². The minimum absolute atomic E-state index is 0.0598. The van der Waals surface area contributed by atoms with Crippen LogP contribution in [-0.2, 0) is 4.79 Å². The molecule has 1 atom stereocenters. The highest BCUT2D eigenvalue weighted by Gasteiger charge is 2.29. The molecule has 1 saturated heterocycles. The summed E-state index contributed by atoms with van der Waals surface area (Å²) >= 11 is 5.77. The molecule has 0 aliphatic carbocycles. The van der Waals surface area contributed by atoms with Crippen LogP contribution in [0.15, 0.2) is 12.1 Å². The van der Waals surface area contributed by atoms with Gasteiger partial charge in [-0.1, -0.05) is 0 Å². The Morgan fingerprint density at radius 1 is 1.38 bits per heavy atom. The van der Waals surface area contributed by atoms with Crippen molar-refractivity contribution in [1.82, 2.24) is 0 Å². The number of anilines is 1. The molecule has 86 valence electrons. The van der Waals surface area contributed by atoms with Crippen LogP contribution >= 0.6 is 35.2 Å². The fourth-order valence-electron chi connectivity index (χ4n) is 1.64. The summed E-state index contributed by atoms with van der Waals surface area (Å²) in [5.41, 5.74) is 0.261. The summed E-state index contributed by atoms with van der Waals surface area (Å²) in [6, 6.07) is 2.35.